The van der Waals surface area contributed by atoms with Crippen LogP contribution in [0.2, 0.25) is 0 Å². The van der Waals surface area contributed by atoms with Gasteiger partial charge in [-0.25, -0.2) is 4.79 Å². The third kappa shape index (κ3) is 4.11. The molecule has 0 saturated heterocycles. The van der Waals surface area contributed by atoms with Gasteiger partial charge in [-0.1, -0.05) is 0 Å². The Morgan fingerprint density at radius 1 is 1.24 bits per heavy atom. The average Bonchev–Trinajstić information content (AvgIpc) is 2.25. The molecule has 1 aromatic heterocycles. The van der Waals surface area contributed by atoms with Crippen LogP contribution >= 0.6 is 0 Å². The van der Waals surface area contributed by atoms with Gasteiger partial charge in [-0.15, -0.1) is 13.2 Å². The number of ether oxygens (including phenoxy) is 1. The summed E-state index contributed by atoms with van der Waals surface area (Å²) in [6, 6.07) is 3.30. The van der Waals surface area contributed by atoms with E-state index in [-0.39, 0.29) is 22.5 Å². The first kappa shape index (κ1) is 15.1. The van der Waals surface area contributed by atoms with E-state index in [9.17, 15) is 18.0 Å². The van der Waals surface area contributed by atoms with Crippen LogP contribution < -0.4 is 15.7 Å². The maximum atomic E-state index is 12.1. The normalized spacial score (nSPS) is 12.5. The molecule has 0 fully saturated rings. The maximum Gasteiger partial charge on any atom is 0.573 e. The molecule has 0 bridgehead atoms. The van der Waals surface area contributed by atoms with Crippen molar-refractivity contribution in [1.29, 1.82) is 0 Å². The van der Waals surface area contributed by atoms with Crippen LogP contribution in [0.25, 0.3) is 10.9 Å². The number of aromatic nitrogens is 1. The Kier molecular flexibility index (Phi) is 3.56. The van der Waals surface area contributed by atoms with Gasteiger partial charge in [-0.3, -0.25) is 0 Å². The zero-order valence-electron chi connectivity index (χ0n) is 11.5. The number of anilines is 1. The highest BCUT2D eigenvalue weighted by Crippen LogP contribution is 2.25. The minimum Gasteiger partial charge on any atom is -0.406 e. The molecule has 0 amide bonds. The van der Waals surface area contributed by atoms with Crippen molar-refractivity contribution in [2.75, 3.05) is 5.32 Å². The molecule has 0 spiro atoms. The van der Waals surface area contributed by atoms with Gasteiger partial charge in [0.1, 0.15) is 5.75 Å². The zero-order chi connectivity index (χ0) is 15.8. The highest BCUT2D eigenvalue weighted by Gasteiger charge is 2.31. The van der Waals surface area contributed by atoms with Gasteiger partial charge in [0.2, 0.25) is 0 Å². The molecule has 1 N–H and O–H groups in total. The van der Waals surface area contributed by atoms with Gasteiger partial charge < -0.3 is 14.5 Å². The van der Waals surface area contributed by atoms with Crippen molar-refractivity contribution in [3.63, 3.8) is 0 Å². The Balaban J connectivity index is 2.44. The van der Waals surface area contributed by atoms with Crippen LogP contribution in [0.3, 0.4) is 0 Å². The number of fused-ring (bicyclic) bond motifs is 1. The van der Waals surface area contributed by atoms with E-state index in [2.05, 4.69) is 15.0 Å². The number of rotatable bonds is 2. The van der Waals surface area contributed by atoms with Gasteiger partial charge in [0.15, 0.2) is 0 Å². The van der Waals surface area contributed by atoms with E-state index in [4.69, 9.17) is 4.42 Å². The van der Waals surface area contributed by atoms with Gasteiger partial charge in [-0.2, -0.15) is 4.98 Å². The van der Waals surface area contributed by atoms with Crippen molar-refractivity contribution in [2.45, 2.75) is 32.7 Å². The molecule has 8 heteroatoms. The average molecular weight is 302 g/mol. The summed E-state index contributed by atoms with van der Waals surface area (Å²) in [5, 5.41) is 2.79. The molecule has 2 rings (SSSR count). The summed E-state index contributed by atoms with van der Waals surface area (Å²) in [4.78, 5) is 15.9. The quantitative estimate of drug-likeness (QED) is 0.922. The first-order chi connectivity index (χ1) is 9.53. The molecule has 114 valence electrons. The van der Waals surface area contributed by atoms with Crippen LogP contribution in [-0.2, 0) is 0 Å². The highest BCUT2D eigenvalue weighted by atomic mass is 19.4. The maximum absolute atomic E-state index is 12.1. The molecule has 0 aliphatic rings. The van der Waals surface area contributed by atoms with Crippen molar-refractivity contribution in [1.82, 2.24) is 4.98 Å². The van der Waals surface area contributed by atoms with Crippen LogP contribution in [-0.4, -0.2) is 16.9 Å². The Morgan fingerprint density at radius 2 is 1.90 bits per heavy atom. The third-order valence-corrected chi connectivity index (χ3v) is 2.31. The van der Waals surface area contributed by atoms with Crippen LogP contribution in [0, 0.1) is 0 Å². The molecule has 1 heterocycles. The molecule has 0 atom stereocenters. The number of hydrogen-bond acceptors (Lipinski definition) is 5. The lowest BCUT2D eigenvalue weighted by Gasteiger charge is -2.19. The van der Waals surface area contributed by atoms with E-state index in [0.29, 0.717) is 0 Å². The molecule has 1 aromatic carbocycles. The molecule has 0 aliphatic heterocycles. The van der Waals surface area contributed by atoms with Crippen LogP contribution in [0.15, 0.2) is 27.4 Å². The lowest BCUT2D eigenvalue weighted by atomic mass is 10.1. The monoisotopic (exact) mass is 302 g/mol. The topological polar surface area (TPSA) is 64.4 Å². The summed E-state index contributed by atoms with van der Waals surface area (Å²) in [5.74, 6) is -0.499. The van der Waals surface area contributed by atoms with Crippen molar-refractivity contribution in [2.24, 2.45) is 0 Å². The molecular formula is C13H13F3N2O3. The summed E-state index contributed by atoms with van der Waals surface area (Å²) in [6.07, 6.45) is -4.82. The predicted octanol–water partition coefficient (Wildman–Crippen LogP) is 3.30. The molecule has 5 nitrogen and oxygen atoms in total. The highest BCUT2D eigenvalue weighted by molar-refractivity contribution is 5.79. The lowest BCUT2D eigenvalue weighted by Crippen LogP contribution is -2.27. The molecular weight excluding hydrogens is 289 g/mol. The standard InChI is InChI=1S/C13H13F3N2O3/c1-12(2,3)18-11-17-9-5-4-7(21-13(14,15)16)6-8(9)10(19)20-11/h4-6H,1-3H3,(H,17,18). The Bertz CT molecular complexity index is 717. The van der Waals surface area contributed by atoms with Crippen molar-refractivity contribution in [3.8, 4) is 5.75 Å². The second kappa shape index (κ2) is 4.94. The molecule has 0 aliphatic carbocycles. The van der Waals surface area contributed by atoms with E-state index in [0.717, 1.165) is 12.1 Å². The van der Waals surface area contributed by atoms with E-state index in [1.165, 1.54) is 6.07 Å². The van der Waals surface area contributed by atoms with Gasteiger partial charge in [0.05, 0.1) is 10.9 Å². The molecule has 0 unspecified atom stereocenters. The molecule has 21 heavy (non-hydrogen) atoms. The summed E-state index contributed by atoms with van der Waals surface area (Å²) < 4.78 is 45.1. The van der Waals surface area contributed by atoms with E-state index in [1.807, 2.05) is 20.8 Å². The van der Waals surface area contributed by atoms with Crippen LogP contribution in [0.1, 0.15) is 20.8 Å². The van der Waals surface area contributed by atoms with Gasteiger partial charge in [0, 0.05) is 5.54 Å². The summed E-state index contributed by atoms with van der Waals surface area (Å²) in [7, 11) is 0. The fourth-order valence-electron chi connectivity index (χ4n) is 1.62. The fourth-order valence-corrected chi connectivity index (χ4v) is 1.62. The van der Waals surface area contributed by atoms with Gasteiger partial charge in [-0.05, 0) is 39.0 Å². The van der Waals surface area contributed by atoms with Crippen LogP contribution in [0.4, 0.5) is 19.2 Å². The molecule has 0 radical (unpaired) electrons. The number of nitrogens with one attached hydrogen (secondary N) is 1. The largest absolute Gasteiger partial charge is 0.573 e. The number of alkyl halides is 3. The smallest absolute Gasteiger partial charge is 0.406 e. The number of halogens is 3. The first-order valence-corrected chi connectivity index (χ1v) is 6.02. The Morgan fingerprint density at radius 3 is 2.48 bits per heavy atom. The Hall–Kier alpha value is -2.25. The van der Waals surface area contributed by atoms with Crippen molar-refractivity contribution >= 4 is 16.9 Å². The second-order valence-corrected chi connectivity index (χ2v) is 5.41. The number of hydrogen-bond donors (Lipinski definition) is 1. The summed E-state index contributed by atoms with van der Waals surface area (Å²) >= 11 is 0. The van der Waals surface area contributed by atoms with Crippen LogP contribution in [0.5, 0.6) is 5.75 Å². The number of nitrogens with zero attached hydrogens (tertiary/aromatic N) is 1. The Labute approximate surface area is 117 Å². The first-order valence-electron chi connectivity index (χ1n) is 6.02. The van der Waals surface area contributed by atoms with Crippen molar-refractivity contribution < 1.29 is 22.3 Å². The van der Waals surface area contributed by atoms with E-state index >= 15 is 0 Å². The number of benzene rings is 1. The predicted molar refractivity (Wildman–Crippen MR) is 70.3 cm³/mol. The molecule has 2 aromatic rings. The fraction of sp³-hybridized carbons (Fsp3) is 0.385. The van der Waals surface area contributed by atoms with Gasteiger partial charge in [0.25, 0.3) is 6.01 Å². The third-order valence-electron chi connectivity index (χ3n) is 2.31. The zero-order valence-corrected chi connectivity index (χ0v) is 11.5. The summed E-state index contributed by atoms with van der Waals surface area (Å²) in [5.41, 5.74) is -0.956. The van der Waals surface area contributed by atoms with Gasteiger partial charge >= 0.3 is 12.0 Å². The lowest BCUT2D eigenvalue weighted by molar-refractivity contribution is -0.274. The van der Waals surface area contributed by atoms with E-state index in [1.54, 1.807) is 0 Å². The minimum atomic E-state index is -4.82. The minimum absolute atomic E-state index is 0.00416. The summed E-state index contributed by atoms with van der Waals surface area (Å²) in [6.45, 7) is 5.54. The van der Waals surface area contributed by atoms with E-state index < -0.39 is 17.7 Å². The SMILES string of the molecule is CC(C)(C)Nc1nc2ccc(OC(F)(F)F)cc2c(=O)o1. The molecule has 0 saturated carbocycles. The second-order valence-electron chi connectivity index (χ2n) is 5.41. The van der Waals surface area contributed by atoms with Crippen molar-refractivity contribution in [3.05, 3.63) is 28.6 Å².